The maximum Gasteiger partial charge on any atom is 0.122 e. The van der Waals surface area contributed by atoms with Crippen LogP contribution in [0.3, 0.4) is 0 Å². The molecule has 0 N–H and O–H groups in total. The Balaban J connectivity index is 2.18. The van der Waals surface area contributed by atoms with Gasteiger partial charge in [-0.05, 0) is 18.4 Å². The molecule has 0 spiro atoms. The van der Waals surface area contributed by atoms with E-state index >= 15 is 0 Å². The van der Waals surface area contributed by atoms with Gasteiger partial charge in [0.05, 0.1) is 6.61 Å². The van der Waals surface area contributed by atoms with Crippen molar-refractivity contribution in [2.24, 2.45) is 5.92 Å². The molecule has 1 aromatic carbocycles. The van der Waals surface area contributed by atoms with E-state index in [-0.39, 0.29) is 0 Å². The molecule has 70 valence electrons. The third-order valence-corrected chi connectivity index (χ3v) is 2.55. The second kappa shape index (κ2) is 3.41. The van der Waals surface area contributed by atoms with E-state index in [1.54, 1.807) is 0 Å². The Kier molecular flexibility index (Phi) is 2.26. The van der Waals surface area contributed by atoms with Crippen molar-refractivity contribution >= 4 is 0 Å². The van der Waals surface area contributed by atoms with Crippen LogP contribution in [0.4, 0.5) is 0 Å². The first-order valence-corrected chi connectivity index (χ1v) is 4.99. The highest BCUT2D eigenvalue weighted by Crippen LogP contribution is 2.36. The van der Waals surface area contributed by atoms with E-state index in [2.05, 4.69) is 32.0 Å². The lowest BCUT2D eigenvalue weighted by molar-refractivity contribution is 0.314. The zero-order valence-electron chi connectivity index (χ0n) is 8.29. The molecule has 1 atom stereocenters. The van der Waals surface area contributed by atoms with Crippen molar-refractivity contribution in [3.8, 4) is 5.75 Å². The molecular weight excluding hydrogens is 160 g/mol. The molecule has 0 aromatic heterocycles. The fraction of sp³-hybridized carbons (Fsp3) is 0.500. The quantitative estimate of drug-likeness (QED) is 0.672. The Morgan fingerprint density at radius 3 is 2.92 bits per heavy atom. The second-order valence-corrected chi connectivity index (χ2v) is 4.18. The summed E-state index contributed by atoms with van der Waals surface area (Å²) in [7, 11) is 0. The van der Waals surface area contributed by atoms with Crippen LogP contribution >= 0.6 is 0 Å². The average molecular weight is 176 g/mol. The van der Waals surface area contributed by atoms with Crippen LogP contribution < -0.4 is 4.74 Å². The van der Waals surface area contributed by atoms with Crippen LogP contribution in [0.5, 0.6) is 5.75 Å². The molecule has 1 aliphatic rings. The summed E-state index contributed by atoms with van der Waals surface area (Å²) in [6.45, 7) is 5.40. The van der Waals surface area contributed by atoms with E-state index in [0.29, 0.717) is 5.92 Å². The fourth-order valence-corrected chi connectivity index (χ4v) is 1.99. The third kappa shape index (κ3) is 1.69. The molecule has 0 fully saturated rings. The SMILES string of the molecule is CC(C)CC1COc2ccccc21. The monoisotopic (exact) mass is 176 g/mol. The Morgan fingerprint density at radius 2 is 2.15 bits per heavy atom. The Bertz CT molecular complexity index is 291. The summed E-state index contributed by atoms with van der Waals surface area (Å²) in [5.74, 6) is 2.46. The van der Waals surface area contributed by atoms with Crippen LogP contribution in [0.15, 0.2) is 24.3 Å². The van der Waals surface area contributed by atoms with Crippen LogP contribution in [-0.4, -0.2) is 6.61 Å². The standard InChI is InChI=1S/C12H16O/c1-9(2)7-10-8-13-12-6-4-3-5-11(10)12/h3-6,9-10H,7-8H2,1-2H3. The van der Waals surface area contributed by atoms with Crippen molar-refractivity contribution in [1.29, 1.82) is 0 Å². The van der Waals surface area contributed by atoms with Crippen molar-refractivity contribution in [3.05, 3.63) is 29.8 Å². The summed E-state index contributed by atoms with van der Waals surface area (Å²) in [5.41, 5.74) is 1.40. The first-order chi connectivity index (χ1) is 6.27. The summed E-state index contributed by atoms with van der Waals surface area (Å²) in [6, 6.07) is 8.39. The van der Waals surface area contributed by atoms with Gasteiger partial charge in [-0.2, -0.15) is 0 Å². The van der Waals surface area contributed by atoms with Gasteiger partial charge in [0.2, 0.25) is 0 Å². The lowest BCUT2D eigenvalue weighted by atomic mass is 9.92. The largest absolute Gasteiger partial charge is 0.493 e. The average Bonchev–Trinajstić information content (AvgIpc) is 2.48. The molecule has 0 saturated carbocycles. The normalized spacial score (nSPS) is 20.1. The molecule has 1 unspecified atom stereocenters. The molecule has 1 nitrogen and oxygen atoms in total. The zero-order valence-corrected chi connectivity index (χ0v) is 8.29. The van der Waals surface area contributed by atoms with Crippen LogP contribution in [0, 0.1) is 5.92 Å². The van der Waals surface area contributed by atoms with Gasteiger partial charge in [-0.15, -0.1) is 0 Å². The predicted octanol–water partition coefficient (Wildman–Crippen LogP) is 3.21. The van der Waals surface area contributed by atoms with E-state index in [9.17, 15) is 0 Å². The van der Waals surface area contributed by atoms with E-state index < -0.39 is 0 Å². The lowest BCUT2D eigenvalue weighted by Crippen LogP contribution is -2.04. The molecule has 0 radical (unpaired) electrons. The van der Waals surface area contributed by atoms with Gasteiger partial charge >= 0.3 is 0 Å². The number of hydrogen-bond acceptors (Lipinski definition) is 1. The van der Waals surface area contributed by atoms with Crippen LogP contribution in [0.25, 0.3) is 0 Å². The van der Waals surface area contributed by atoms with Gasteiger partial charge in [-0.3, -0.25) is 0 Å². The Hall–Kier alpha value is -0.980. The van der Waals surface area contributed by atoms with Gasteiger partial charge in [0.1, 0.15) is 5.75 Å². The van der Waals surface area contributed by atoms with Crippen molar-refractivity contribution in [1.82, 2.24) is 0 Å². The summed E-state index contributed by atoms with van der Waals surface area (Å²) >= 11 is 0. The van der Waals surface area contributed by atoms with Gasteiger partial charge in [-0.1, -0.05) is 32.0 Å². The van der Waals surface area contributed by atoms with Crippen molar-refractivity contribution < 1.29 is 4.74 Å². The molecule has 1 aliphatic heterocycles. The van der Waals surface area contributed by atoms with Crippen LogP contribution in [-0.2, 0) is 0 Å². The van der Waals surface area contributed by atoms with Gasteiger partial charge < -0.3 is 4.74 Å². The predicted molar refractivity (Wildman–Crippen MR) is 54.1 cm³/mol. The van der Waals surface area contributed by atoms with Gasteiger partial charge in [0, 0.05) is 11.5 Å². The first-order valence-electron chi connectivity index (χ1n) is 4.99. The molecule has 1 heterocycles. The molecular formula is C12H16O. The third-order valence-electron chi connectivity index (χ3n) is 2.55. The van der Waals surface area contributed by atoms with Crippen LogP contribution in [0.2, 0.25) is 0 Å². The number of benzene rings is 1. The van der Waals surface area contributed by atoms with Crippen molar-refractivity contribution in [3.63, 3.8) is 0 Å². The van der Waals surface area contributed by atoms with Crippen LogP contribution in [0.1, 0.15) is 31.7 Å². The maximum absolute atomic E-state index is 5.61. The molecule has 13 heavy (non-hydrogen) atoms. The summed E-state index contributed by atoms with van der Waals surface area (Å²) in [6.07, 6.45) is 1.23. The highest BCUT2D eigenvalue weighted by molar-refractivity contribution is 5.39. The summed E-state index contributed by atoms with van der Waals surface area (Å²) in [4.78, 5) is 0. The molecule has 0 aliphatic carbocycles. The Labute approximate surface area is 79.7 Å². The molecule has 1 heteroatoms. The van der Waals surface area contributed by atoms with E-state index in [1.807, 2.05) is 6.07 Å². The minimum absolute atomic E-state index is 0.621. The molecule has 2 rings (SSSR count). The molecule has 1 aromatic rings. The van der Waals surface area contributed by atoms with E-state index in [0.717, 1.165) is 18.3 Å². The zero-order chi connectivity index (χ0) is 9.26. The summed E-state index contributed by atoms with van der Waals surface area (Å²) in [5, 5.41) is 0. The number of hydrogen-bond donors (Lipinski definition) is 0. The highest BCUT2D eigenvalue weighted by Gasteiger charge is 2.23. The lowest BCUT2D eigenvalue weighted by Gasteiger charge is -2.10. The van der Waals surface area contributed by atoms with Gasteiger partial charge in [-0.25, -0.2) is 0 Å². The van der Waals surface area contributed by atoms with Gasteiger partial charge in [0.15, 0.2) is 0 Å². The van der Waals surface area contributed by atoms with Crippen molar-refractivity contribution in [2.75, 3.05) is 6.61 Å². The number of fused-ring (bicyclic) bond motifs is 1. The number of ether oxygens (including phenoxy) is 1. The number of para-hydroxylation sites is 1. The minimum atomic E-state index is 0.621. The van der Waals surface area contributed by atoms with E-state index in [4.69, 9.17) is 4.74 Å². The Morgan fingerprint density at radius 1 is 1.38 bits per heavy atom. The first kappa shape index (κ1) is 8.61. The highest BCUT2D eigenvalue weighted by atomic mass is 16.5. The topological polar surface area (TPSA) is 9.23 Å². The molecule has 0 saturated heterocycles. The van der Waals surface area contributed by atoms with Gasteiger partial charge in [0.25, 0.3) is 0 Å². The van der Waals surface area contributed by atoms with E-state index in [1.165, 1.54) is 12.0 Å². The second-order valence-electron chi connectivity index (χ2n) is 4.18. The summed E-state index contributed by atoms with van der Waals surface area (Å²) < 4.78 is 5.61. The minimum Gasteiger partial charge on any atom is -0.493 e. The molecule has 0 bridgehead atoms. The number of rotatable bonds is 2. The fourth-order valence-electron chi connectivity index (χ4n) is 1.99. The molecule has 0 amide bonds. The van der Waals surface area contributed by atoms with Crippen molar-refractivity contribution in [2.45, 2.75) is 26.2 Å². The smallest absolute Gasteiger partial charge is 0.122 e. The maximum atomic E-state index is 5.61.